The third-order valence-electron chi connectivity index (χ3n) is 1.99. The van der Waals surface area contributed by atoms with E-state index in [9.17, 15) is 9.90 Å². The van der Waals surface area contributed by atoms with E-state index in [1.165, 1.54) is 4.90 Å². The van der Waals surface area contributed by atoms with Gasteiger partial charge in [0.1, 0.15) is 0 Å². The number of carbonyl (C=O) groups is 1. The number of aliphatic hydroxyl groups is 1. The van der Waals surface area contributed by atoms with Gasteiger partial charge >= 0.3 is 0 Å². The molecule has 0 aliphatic rings. The average Bonchev–Trinajstić information content (AvgIpc) is 2.13. The van der Waals surface area contributed by atoms with Crippen molar-refractivity contribution in [2.75, 3.05) is 13.6 Å². The van der Waals surface area contributed by atoms with E-state index in [4.69, 9.17) is 11.6 Å². The molecule has 88 valence electrons. The van der Waals surface area contributed by atoms with Gasteiger partial charge < -0.3 is 10.0 Å². The number of hydrogen-bond donors (Lipinski definition) is 1. The molecule has 0 aliphatic carbocycles. The van der Waals surface area contributed by atoms with Gasteiger partial charge in [-0.05, 0) is 25.1 Å². The van der Waals surface area contributed by atoms with Gasteiger partial charge in [-0.15, -0.1) is 0 Å². The molecule has 0 radical (unpaired) electrons. The lowest BCUT2D eigenvalue weighted by Gasteiger charge is -2.19. The van der Waals surface area contributed by atoms with Crippen LogP contribution in [0.15, 0.2) is 22.7 Å². The third-order valence-corrected chi connectivity index (χ3v) is 2.67. The Balaban J connectivity index is 2.87. The van der Waals surface area contributed by atoms with Gasteiger partial charge in [-0.1, -0.05) is 27.5 Å². The lowest BCUT2D eigenvalue weighted by Crippen LogP contribution is -2.33. The molecule has 1 rings (SSSR count). The second-order valence-corrected chi connectivity index (χ2v) is 5.04. The smallest absolute Gasteiger partial charge is 0.253 e. The summed E-state index contributed by atoms with van der Waals surface area (Å²) in [7, 11) is 1.64. The number of carbonyl (C=O) groups excluding carboxylic acids is 1. The molecular weight excluding hydrogens is 293 g/mol. The fourth-order valence-corrected chi connectivity index (χ4v) is 2.24. The molecule has 0 bridgehead atoms. The van der Waals surface area contributed by atoms with Crippen LogP contribution in [0.5, 0.6) is 0 Å². The Kier molecular flexibility index (Phi) is 4.77. The molecule has 0 saturated heterocycles. The first-order valence-corrected chi connectivity index (χ1v) is 5.97. The van der Waals surface area contributed by atoms with E-state index in [1.54, 1.807) is 32.2 Å². The Morgan fingerprint density at radius 1 is 1.56 bits per heavy atom. The molecule has 0 fully saturated rings. The molecule has 0 saturated carbocycles. The topological polar surface area (TPSA) is 40.5 Å². The summed E-state index contributed by atoms with van der Waals surface area (Å²) in [6, 6.07) is 5.02. The van der Waals surface area contributed by atoms with Crippen molar-refractivity contribution in [3.05, 3.63) is 33.3 Å². The molecule has 1 amide bonds. The van der Waals surface area contributed by atoms with Crippen LogP contribution in [0, 0.1) is 0 Å². The molecule has 1 N–H and O–H groups in total. The highest BCUT2D eigenvalue weighted by Crippen LogP contribution is 2.20. The van der Waals surface area contributed by atoms with Crippen molar-refractivity contribution in [2.45, 2.75) is 13.0 Å². The summed E-state index contributed by atoms with van der Waals surface area (Å²) in [6.07, 6.45) is -0.545. The van der Waals surface area contributed by atoms with Crippen molar-refractivity contribution in [1.29, 1.82) is 0 Å². The van der Waals surface area contributed by atoms with Crippen molar-refractivity contribution in [3.8, 4) is 0 Å². The Hall–Kier alpha value is -0.580. The molecule has 0 aromatic heterocycles. The normalized spacial score (nSPS) is 12.3. The van der Waals surface area contributed by atoms with E-state index in [0.717, 1.165) is 4.47 Å². The predicted molar refractivity (Wildman–Crippen MR) is 67.8 cm³/mol. The highest BCUT2D eigenvalue weighted by atomic mass is 79.9. The molecule has 1 aromatic carbocycles. The van der Waals surface area contributed by atoms with Gasteiger partial charge in [0.05, 0.1) is 6.10 Å². The zero-order valence-electron chi connectivity index (χ0n) is 9.08. The SMILES string of the molecule is CC(O)CN(C)C(=O)c1cc(Cl)cc(Br)c1. The van der Waals surface area contributed by atoms with Crippen LogP contribution >= 0.6 is 27.5 Å². The first-order chi connectivity index (χ1) is 7.40. The lowest BCUT2D eigenvalue weighted by atomic mass is 10.2. The minimum Gasteiger partial charge on any atom is -0.392 e. The number of nitrogens with zero attached hydrogens (tertiary/aromatic N) is 1. The fourth-order valence-electron chi connectivity index (χ4n) is 1.38. The number of benzene rings is 1. The Bertz CT molecular complexity index is 375. The monoisotopic (exact) mass is 305 g/mol. The molecule has 0 aliphatic heterocycles. The molecule has 3 nitrogen and oxygen atoms in total. The number of likely N-dealkylation sites (N-methyl/N-ethyl adjacent to an activating group) is 1. The number of amides is 1. The van der Waals surface area contributed by atoms with Gasteiger partial charge in [0, 0.05) is 28.7 Å². The lowest BCUT2D eigenvalue weighted by molar-refractivity contribution is 0.0703. The van der Waals surface area contributed by atoms with Crippen LogP contribution in [0.25, 0.3) is 0 Å². The summed E-state index contributed by atoms with van der Waals surface area (Å²) in [5, 5.41) is 9.70. The predicted octanol–water partition coefficient (Wildman–Crippen LogP) is 2.56. The molecule has 1 unspecified atom stereocenters. The number of aliphatic hydroxyl groups excluding tert-OH is 1. The van der Waals surface area contributed by atoms with Crippen molar-refractivity contribution < 1.29 is 9.90 Å². The van der Waals surface area contributed by atoms with E-state index in [1.807, 2.05) is 0 Å². The quantitative estimate of drug-likeness (QED) is 0.932. The zero-order valence-corrected chi connectivity index (χ0v) is 11.4. The fraction of sp³-hybridized carbons (Fsp3) is 0.364. The van der Waals surface area contributed by atoms with E-state index < -0.39 is 6.10 Å². The summed E-state index contributed by atoms with van der Waals surface area (Å²) in [5.41, 5.74) is 0.502. The van der Waals surface area contributed by atoms with Crippen LogP contribution in [0.4, 0.5) is 0 Å². The van der Waals surface area contributed by atoms with Crippen LogP contribution in [0.3, 0.4) is 0 Å². The van der Waals surface area contributed by atoms with Crippen molar-refractivity contribution in [3.63, 3.8) is 0 Å². The molecule has 16 heavy (non-hydrogen) atoms. The maximum Gasteiger partial charge on any atom is 0.253 e. The van der Waals surface area contributed by atoms with Crippen molar-refractivity contribution in [2.24, 2.45) is 0 Å². The molecule has 0 spiro atoms. The Labute approximate surface area is 108 Å². The van der Waals surface area contributed by atoms with Gasteiger partial charge in [-0.3, -0.25) is 4.79 Å². The molecule has 1 aromatic rings. The summed E-state index contributed by atoms with van der Waals surface area (Å²) in [4.78, 5) is 13.4. The highest BCUT2D eigenvalue weighted by Gasteiger charge is 2.14. The van der Waals surface area contributed by atoms with Crippen LogP contribution < -0.4 is 0 Å². The first-order valence-electron chi connectivity index (χ1n) is 4.79. The summed E-state index contributed by atoms with van der Waals surface area (Å²) in [6.45, 7) is 1.93. The highest BCUT2D eigenvalue weighted by molar-refractivity contribution is 9.10. The summed E-state index contributed by atoms with van der Waals surface area (Å²) < 4.78 is 0.758. The standard InChI is InChI=1S/C11H13BrClNO2/c1-7(15)6-14(2)11(16)8-3-9(12)5-10(13)4-8/h3-5,7,15H,6H2,1-2H3. The van der Waals surface area contributed by atoms with Gasteiger partial charge in [0.25, 0.3) is 5.91 Å². The Morgan fingerprint density at radius 3 is 2.69 bits per heavy atom. The summed E-state index contributed by atoms with van der Waals surface area (Å²) in [5.74, 6) is -0.163. The number of hydrogen-bond acceptors (Lipinski definition) is 2. The molecule has 0 heterocycles. The van der Waals surface area contributed by atoms with Crippen LogP contribution in [-0.2, 0) is 0 Å². The minimum absolute atomic E-state index is 0.163. The van der Waals surface area contributed by atoms with E-state index in [0.29, 0.717) is 17.1 Å². The Morgan fingerprint density at radius 2 is 2.19 bits per heavy atom. The van der Waals surface area contributed by atoms with Crippen LogP contribution in [0.2, 0.25) is 5.02 Å². The van der Waals surface area contributed by atoms with Crippen LogP contribution in [0.1, 0.15) is 17.3 Å². The molecule has 1 atom stereocenters. The number of rotatable bonds is 3. The second kappa shape index (κ2) is 5.66. The van der Waals surface area contributed by atoms with Gasteiger partial charge in [0.2, 0.25) is 0 Å². The maximum atomic E-state index is 11.9. The van der Waals surface area contributed by atoms with E-state index >= 15 is 0 Å². The largest absolute Gasteiger partial charge is 0.392 e. The maximum absolute atomic E-state index is 11.9. The third kappa shape index (κ3) is 3.77. The second-order valence-electron chi connectivity index (χ2n) is 3.69. The molecular formula is C11H13BrClNO2. The van der Waals surface area contributed by atoms with Gasteiger partial charge in [0.15, 0.2) is 0 Å². The average molecular weight is 307 g/mol. The van der Waals surface area contributed by atoms with E-state index in [-0.39, 0.29) is 5.91 Å². The molecule has 5 heteroatoms. The zero-order chi connectivity index (χ0) is 12.3. The van der Waals surface area contributed by atoms with Gasteiger partial charge in [-0.25, -0.2) is 0 Å². The van der Waals surface area contributed by atoms with Crippen molar-refractivity contribution in [1.82, 2.24) is 4.90 Å². The van der Waals surface area contributed by atoms with Gasteiger partial charge in [-0.2, -0.15) is 0 Å². The van der Waals surface area contributed by atoms with Crippen LogP contribution in [-0.4, -0.2) is 35.6 Å². The first kappa shape index (κ1) is 13.5. The summed E-state index contributed by atoms with van der Waals surface area (Å²) >= 11 is 9.13. The van der Waals surface area contributed by atoms with E-state index in [2.05, 4.69) is 15.9 Å². The minimum atomic E-state index is -0.545. The number of halogens is 2. The van der Waals surface area contributed by atoms with Crippen molar-refractivity contribution >= 4 is 33.4 Å².